The van der Waals surface area contributed by atoms with Gasteiger partial charge in [-0.3, -0.25) is 9.80 Å². The molecular weight excluding hydrogens is 282 g/mol. The summed E-state index contributed by atoms with van der Waals surface area (Å²) >= 11 is 1.78. The molecule has 6 heteroatoms. The number of hydrogen-bond donors (Lipinski definition) is 0. The largest absolute Gasteiger partial charge is 0.317 e. The summed E-state index contributed by atoms with van der Waals surface area (Å²) in [6.07, 6.45) is 0. The van der Waals surface area contributed by atoms with Gasteiger partial charge in [0.05, 0.1) is 6.54 Å². The fourth-order valence-electron chi connectivity index (χ4n) is 2.82. The number of rotatable bonds is 4. The molecule has 1 atom stereocenters. The van der Waals surface area contributed by atoms with E-state index in [1.807, 2.05) is 14.0 Å². The molecule has 0 saturated carbocycles. The van der Waals surface area contributed by atoms with E-state index in [2.05, 4.69) is 48.3 Å². The Hall–Kier alpha value is -1.24. The van der Waals surface area contributed by atoms with Gasteiger partial charge in [0.1, 0.15) is 11.6 Å². The van der Waals surface area contributed by atoms with E-state index in [1.54, 1.807) is 11.3 Å². The summed E-state index contributed by atoms with van der Waals surface area (Å²) in [5, 5.41) is 12.8. The van der Waals surface area contributed by atoms with Crippen LogP contribution >= 0.6 is 11.3 Å². The average molecular weight is 305 g/mol. The lowest BCUT2D eigenvalue weighted by atomic mass is 10.1. The number of aryl methyl sites for hydroxylation is 1. The van der Waals surface area contributed by atoms with E-state index in [9.17, 15) is 0 Å². The first-order valence-corrected chi connectivity index (χ1v) is 8.43. The Labute approximate surface area is 130 Å². The molecule has 5 nitrogen and oxygen atoms in total. The van der Waals surface area contributed by atoms with Crippen LogP contribution in [0.25, 0.3) is 0 Å². The number of aromatic nitrogens is 3. The molecule has 2 aromatic heterocycles. The third-order valence-corrected chi connectivity index (χ3v) is 5.23. The van der Waals surface area contributed by atoms with Gasteiger partial charge < -0.3 is 4.57 Å². The second-order valence-corrected chi connectivity index (χ2v) is 6.55. The molecule has 0 unspecified atom stereocenters. The first kappa shape index (κ1) is 14.7. The zero-order valence-corrected chi connectivity index (χ0v) is 13.8. The first-order valence-electron chi connectivity index (χ1n) is 7.48. The smallest absolute Gasteiger partial charge is 0.146 e. The Balaban J connectivity index is 1.54. The summed E-state index contributed by atoms with van der Waals surface area (Å²) in [6, 6.07) is 2.76. The van der Waals surface area contributed by atoms with E-state index >= 15 is 0 Å². The van der Waals surface area contributed by atoms with E-state index in [4.69, 9.17) is 0 Å². The average Bonchev–Trinajstić information content (AvgIpc) is 3.13. The van der Waals surface area contributed by atoms with Gasteiger partial charge in [-0.15, -0.1) is 10.2 Å². The minimum Gasteiger partial charge on any atom is -0.317 e. The SMILES string of the molecule is Cc1nnc(CN2CCN([C@H](C)c3ccsc3)CC2)n1C. The predicted octanol–water partition coefficient (Wildman–Crippen LogP) is 2.06. The maximum atomic E-state index is 4.26. The normalized spacial score (nSPS) is 19.0. The molecule has 2 aromatic rings. The highest BCUT2D eigenvalue weighted by molar-refractivity contribution is 7.07. The van der Waals surface area contributed by atoms with Crippen LogP contribution in [0.3, 0.4) is 0 Å². The molecule has 0 bridgehead atoms. The molecule has 0 N–H and O–H groups in total. The fraction of sp³-hybridized carbons (Fsp3) is 0.600. The van der Waals surface area contributed by atoms with Crippen molar-refractivity contribution in [1.29, 1.82) is 0 Å². The molecule has 0 aliphatic carbocycles. The van der Waals surface area contributed by atoms with Crippen LogP contribution in [0.1, 0.15) is 30.2 Å². The molecular formula is C15H23N5S. The van der Waals surface area contributed by atoms with Crippen molar-refractivity contribution in [2.45, 2.75) is 26.4 Å². The molecule has 21 heavy (non-hydrogen) atoms. The topological polar surface area (TPSA) is 37.2 Å². The zero-order chi connectivity index (χ0) is 14.8. The Kier molecular flexibility index (Phi) is 4.37. The van der Waals surface area contributed by atoms with Crippen molar-refractivity contribution >= 4 is 11.3 Å². The van der Waals surface area contributed by atoms with Gasteiger partial charge in [-0.25, -0.2) is 0 Å². The summed E-state index contributed by atoms with van der Waals surface area (Å²) in [5.74, 6) is 2.04. The number of nitrogens with zero attached hydrogens (tertiary/aromatic N) is 5. The minimum atomic E-state index is 0.524. The molecule has 1 aliphatic heterocycles. The van der Waals surface area contributed by atoms with Gasteiger partial charge >= 0.3 is 0 Å². The van der Waals surface area contributed by atoms with Crippen LogP contribution in [0.15, 0.2) is 16.8 Å². The molecule has 0 aromatic carbocycles. The summed E-state index contributed by atoms with van der Waals surface area (Å²) in [7, 11) is 2.04. The third kappa shape index (κ3) is 3.17. The lowest BCUT2D eigenvalue weighted by molar-refractivity contribution is 0.0957. The van der Waals surface area contributed by atoms with E-state index in [0.717, 1.165) is 44.4 Å². The second kappa shape index (κ2) is 6.25. The highest BCUT2D eigenvalue weighted by Crippen LogP contribution is 2.23. The second-order valence-electron chi connectivity index (χ2n) is 5.77. The van der Waals surface area contributed by atoms with Crippen molar-refractivity contribution in [3.05, 3.63) is 34.0 Å². The number of hydrogen-bond acceptors (Lipinski definition) is 5. The van der Waals surface area contributed by atoms with Crippen LogP contribution in [0.2, 0.25) is 0 Å². The molecule has 1 saturated heterocycles. The quantitative estimate of drug-likeness (QED) is 0.866. The van der Waals surface area contributed by atoms with Gasteiger partial charge in [-0.05, 0) is 36.2 Å². The zero-order valence-electron chi connectivity index (χ0n) is 13.0. The number of thiophene rings is 1. The van der Waals surface area contributed by atoms with E-state index < -0.39 is 0 Å². The van der Waals surface area contributed by atoms with Gasteiger partial charge in [0, 0.05) is 39.3 Å². The maximum absolute atomic E-state index is 4.26. The van der Waals surface area contributed by atoms with E-state index in [0.29, 0.717) is 6.04 Å². The highest BCUT2D eigenvalue weighted by atomic mass is 32.1. The highest BCUT2D eigenvalue weighted by Gasteiger charge is 2.23. The van der Waals surface area contributed by atoms with Crippen molar-refractivity contribution in [2.75, 3.05) is 26.2 Å². The van der Waals surface area contributed by atoms with Crippen LogP contribution in [0.5, 0.6) is 0 Å². The molecule has 3 heterocycles. The monoisotopic (exact) mass is 305 g/mol. The fourth-order valence-corrected chi connectivity index (χ4v) is 3.57. The van der Waals surface area contributed by atoms with Crippen molar-refractivity contribution in [3.8, 4) is 0 Å². The Morgan fingerprint density at radius 1 is 1.24 bits per heavy atom. The van der Waals surface area contributed by atoms with Gasteiger partial charge in [-0.2, -0.15) is 11.3 Å². The standard InChI is InChI=1S/C15H23N5S/c1-12(14-4-9-21-11-14)20-7-5-19(6-8-20)10-15-17-16-13(2)18(15)3/h4,9,11-12H,5-8,10H2,1-3H3/t12-/m1/s1. The van der Waals surface area contributed by atoms with Crippen LogP contribution in [0, 0.1) is 6.92 Å². The van der Waals surface area contributed by atoms with E-state index in [1.165, 1.54) is 5.56 Å². The molecule has 3 rings (SSSR count). The predicted molar refractivity (Wildman–Crippen MR) is 85.3 cm³/mol. The maximum Gasteiger partial charge on any atom is 0.146 e. The summed E-state index contributed by atoms with van der Waals surface area (Å²) < 4.78 is 2.08. The molecule has 0 spiro atoms. The molecule has 0 amide bonds. The Morgan fingerprint density at radius 3 is 2.57 bits per heavy atom. The van der Waals surface area contributed by atoms with Crippen molar-refractivity contribution in [3.63, 3.8) is 0 Å². The van der Waals surface area contributed by atoms with Crippen LogP contribution in [0.4, 0.5) is 0 Å². The first-order chi connectivity index (χ1) is 10.1. The molecule has 0 radical (unpaired) electrons. The van der Waals surface area contributed by atoms with Gasteiger partial charge in [0.2, 0.25) is 0 Å². The van der Waals surface area contributed by atoms with Gasteiger partial charge in [-0.1, -0.05) is 0 Å². The molecule has 1 aliphatic rings. The van der Waals surface area contributed by atoms with Gasteiger partial charge in [0.25, 0.3) is 0 Å². The van der Waals surface area contributed by atoms with Crippen LogP contribution in [-0.2, 0) is 13.6 Å². The number of piperazine rings is 1. The molecule has 114 valence electrons. The lowest BCUT2D eigenvalue weighted by Crippen LogP contribution is -2.46. The third-order valence-electron chi connectivity index (χ3n) is 4.53. The van der Waals surface area contributed by atoms with Crippen LogP contribution < -0.4 is 0 Å². The van der Waals surface area contributed by atoms with E-state index in [-0.39, 0.29) is 0 Å². The van der Waals surface area contributed by atoms with Crippen molar-refractivity contribution in [1.82, 2.24) is 24.6 Å². The van der Waals surface area contributed by atoms with Crippen molar-refractivity contribution < 1.29 is 0 Å². The Bertz CT molecular complexity index is 569. The summed E-state index contributed by atoms with van der Waals surface area (Å²) in [6.45, 7) is 9.64. The van der Waals surface area contributed by atoms with Crippen molar-refractivity contribution in [2.24, 2.45) is 7.05 Å². The van der Waals surface area contributed by atoms with Gasteiger partial charge in [0.15, 0.2) is 0 Å². The molecule has 1 fully saturated rings. The van der Waals surface area contributed by atoms with Crippen LogP contribution in [-0.4, -0.2) is 50.7 Å². The summed E-state index contributed by atoms with van der Waals surface area (Å²) in [4.78, 5) is 5.04. The summed E-state index contributed by atoms with van der Waals surface area (Å²) in [5.41, 5.74) is 1.44. The lowest BCUT2D eigenvalue weighted by Gasteiger charge is -2.37. The Morgan fingerprint density at radius 2 is 2.00 bits per heavy atom. The minimum absolute atomic E-state index is 0.524.